The highest BCUT2D eigenvalue weighted by Gasteiger charge is 2.25. The molecule has 1 aliphatic heterocycles. The molecule has 1 aromatic heterocycles. The van der Waals surface area contributed by atoms with Gasteiger partial charge in [-0.1, -0.05) is 37.6 Å². The Morgan fingerprint density at radius 2 is 1.85 bits per heavy atom. The highest BCUT2D eigenvalue weighted by molar-refractivity contribution is 6.01. The van der Waals surface area contributed by atoms with E-state index in [1.54, 1.807) is 6.92 Å². The third-order valence-corrected chi connectivity index (χ3v) is 5.82. The lowest BCUT2D eigenvalue weighted by Gasteiger charge is -2.20. The van der Waals surface area contributed by atoms with Crippen molar-refractivity contribution in [1.29, 1.82) is 0 Å². The van der Waals surface area contributed by atoms with Gasteiger partial charge in [0.25, 0.3) is 5.91 Å². The third kappa shape index (κ3) is 5.42. The van der Waals surface area contributed by atoms with Crippen molar-refractivity contribution in [2.75, 3.05) is 23.3 Å². The first-order valence-electron chi connectivity index (χ1n) is 11.5. The fourth-order valence-electron chi connectivity index (χ4n) is 4.08. The fourth-order valence-corrected chi connectivity index (χ4v) is 4.08. The zero-order valence-electron chi connectivity index (χ0n) is 19.1. The quantitative estimate of drug-likeness (QED) is 0.520. The number of hydrogen-bond donors (Lipinski definition) is 2. The number of benzene rings is 2. The maximum absolute atomic E-state index is 13.0. The fraction of sp³-hybridized carbons (Fsp3) is 0.346. The van der Waals surface area contributed by atoms with Gasteiger partial charge in [-0.25, -0.2) is 4.98 Å². The highest BCUT2D eigenvalue weighted by atomic mass is 16.4. The number of nitrogens with zero attached hydrogens (tertiary/aromatic N) is 2. The lowest BCUT2D eigenvalue weighted by molar-refractivity contribution is -0.118. The average molecular weight is 447 g/mol. The topological polar surface area (TPSA) is 87.5 Å². The molecule has 2 heterocycles. The molecule has 7 nitrogen and oxygen atoms in total. The lowest BCUT2D eigenvalue weighted by atomic mass is 10.1. The summed E-state index contributed by atoms with van der Waals surface area (Å²) in [7, 11) is 0. The molecule has 0 radical (unpaired) electrons. The lowest BCUT2D eigenvalue weighted by Crippen LogP contribution is -2.44. The Labute approximate surface area is 194 Å². The van der Waals surface area contributed by atoms with Gasteiger partial charge in [0.1, 0.15) is 11.8 Å². The summed E-state index contributed by atoms with van der Waals surface area (Å²) >= 11 is 0. The standard InChI is InChI=1S/C26H30N4O3/c1-3-10-22(24(31)27-20-13-9-14-21(17-20)30-15-7-8-16-30)28-25(32)23-18(2)33-26(29-23)19-11-5-4-6-12-19/h4-6,9,11-14,17,22H,3,7-8,10,15-16H2,1-2H3,(H,27,31)(H,28,32). The molecule has 1 aliphatic rings. The maximum atomic E-state index is 13.0. The molecule has 1 atom stereocenters. The van der Waals surface area contributed by atoms with E-state index < -0.39 is 11.9 Å². The number of anilines is 2. The van der Waals surface area contributed by atoms with Crippen LogP contribution in [0.15, 0.2) is 59.0 Å². The molecule has 2 N–H and O–H groups in total. The van der Waals surface area contributed by atoms with Crippen molar-refractivity contribution >= 4 is 23.2 Å². The first-order valence-corrected chi connectivity index (χ1v) is 11.5. The molecule has 172 valence electrons. The summed E-state index contributed by atoms with van der Waals surface area (Å²) in [5.41, 5.74) is 2.82. The average Bonchev–Trinajstić information content (AvgIpc) is 3.50. The predicted molar refractivity (Wildman–Crippen MR) is 129 cm³/mol. The van der Waals surface area contributed by atoms with Crippen LogP contribution < -0.4 is 15.5 Å². The second-order valence-corrected chi connectivity index (χ2v) is 8.34. The summed E-state index contributed by atoms with van der Waals surface area (Å²) in [6.45, 7) is 5.75. The largest absolute Gasteiger partial charge is 0.441 e. The normalized spacial score (nSPS) is 14.2. The van der Waals surface area contributed by atoms with Crippen LogP contribution in [0.1, 0.15) is 48.9 Å². The molecular formula is C26H30N4O3. The second kappa shape index (κ2) is 10.3. The van der Waals surface area contributed by atoms with Gasteiger partial charge in [-0.2, -0.15) is 0 Å². The minimum atomic E-state index is -0.672. The Kier molecular flexibility index (Phi) is 7.07. The molecule has 0 bridgehead atoms. The minimum absolute atomic E-state index is 0.193. The van der Waals surface area contributed by atoms with E-state index in [0.29, 0.717) is 18.1 Å². The predicted octanol–water partition coefficient (Wildman–Crippen LogP) is 4.79. The Balaban J connectivity index is 1.45. The first-order chi connectivity index (χ1) is 16.0. The van der Waals surface area contributed by atoms with Gasteiger partial charge >= 0.3 is 0 Å². The van der Waals surface area contributed by atoms with E-state index in [1.807, 2.05) is 55.5 Å². The molecule has 33 heavy (non-hydrogen) atoms. The van der Waals surface area contributed by atoms with Gasteiger partial charge < -0.3 is 20.0 Å². The summed E-state index contributed by atoms with van der Waals surface area (Å²) in [5, 5.41) is 5.81. The summed E-state index contributed by atoms with van der Waals surface area (Å²) in [5.74, 6) is 0.139. The molecule has 0 spiro atoms. The van der Waals surface area contributed by atoms with Crippen LogP contribution in [0.3, 0.4) is 0 Å². The summed E-state index contributed by atoms with van der Waals surface area (Å²) in [6.07, 6.45) is 3.65. The van der Waals surface area contributed by atoms with E-state index in [1.165, 1.54) is 12.8 Å². The molecule has 0 aliphatic carbocycles. The zero-order valence-corrected chi connectivity index (χ0v) is 19.1. The Hall–Kier alpha value is -3.61. The number of aryl methyl sites for hydroxylation is 1. The molecule has 2 amide bonds. The molecule has 4 rings (SSSR count). The van der Waals surface area contributed by atoms with Crippen molar-refractivity contribution in [3.05, 3.63) is 66.1 Å². The number of oxazole rings is 1. The molecule has 1 fully saturated rings. The van der Waals surface area contributed by atoms with Crippen molar-refractivity contribution in [2.24, 2.45) is 0 Å². The number of rotatable bonds is 8. The van der Waals surface area contributed by atoms with Crippen LogP contribution in [-0.2, 0) is 4.79 Å². The van der Waals surface area contributed by atoms with Gasteiger partial charge in [-0.15, -0.1) is 0 Å². The molecule has 7 heteroatoms. The third-order valence-electron chi connectivity index (χ3n) is 5.82. The summed E-state index contributed by atoms with van der Waals surface area (Å²) < 4.78 is 5.70. The van der Waals surface area contributed by atoms with Gasteiger partial charge in [0.2, 0.25) is 11.8 Å². The van der Waals surface area contributed by atoms with Crippen molar-refractivity contribution < 1.29 is 14.0 Å². The van der Waals surface area contributed by atoms with Crippen molar-refractivity contribution in [1.82, 2.24) is 10.3 Å². The maximum Gasteiger partial charge on any atom is 0.274 e. The smallest absolute Gasteiger partial charge is 0.274 e. The number of amides is 2. The van der Waals surface area contributed by atoms with Crippen molar-refractivity contribution in [2.45, 2.75) is 45.6 Å². The van der Waals surface area contributed by atoms with E-state index in [9.17, 15) is 9.59 Å². The zero-order chi connectivity index (χ0) is 23.2. The van der Waals surface area contributed by atoms with Gasteiger partial charge in [0, 0.05) is 30.0 Å². The molecule has 2 aromatic carbocycles. The number of carbonyl (C=O) groups is 2. The second-order valence-electron chi connectivity index (χ2n) is 8.34. The molecule has 1 saturated heterocycles. The summed E-state index contributed by atoms with van der Waals surface area (Å²) in [4.78, 5) is 32.7. The SMILES string of the molecule is CCCC(NC(=O)c1nc(-c2ccccc2)oc1C)C(=O)Nc1cccc(N2CCCC2)c1. The van der Waals surface area contributed by atoms with E-state index in [2.05, 4.69) is 26.6 Å². The van der Waals surface area contributed by atoms with E-state index >= 15 is 0 Å². The monoisotopic (exact) mass is 446 g/mol. The van der Waals surface area contributed by atoms with Crippen LogP contribution in [0.4, 0.5) is 11.4 Å². The van der Waals surface area contributed by atoms with Crippen molar-refractivity contribution in [3.63, 3.8) is 0 Å². The minimum Gasteiger partial charge on any atom is -0.441 e. The Morgan fingerprint density at radius 1 is 1.09 bits per heavy atom. The van der Waals surface area contributed by atoms with Gasteiger partial charge in [-0.05, 0) is 56.5 Å². The highest BCUT2D eigenvalue weighted by Crippen LogP contribution is 2.24. The van der Waals surface area contributed by atoms with Gasteiger partial charge in [-0.3, -0.25) is 9.59 Å². The van der Waals surface area contributed by atoms with E-state index in [4.69, 9.17) is 4.42 Å². The summed E-state index contributed by atoms with van der Waals surface area (Å²) in [6, 6.07) is 16.6. The van der Waals surface area contributed by atoms with Crippen LogP contribution >= 0.6 is 0 Å². The molecular weight excluding hydrogens is 416 g/mol. The molecule has 3 aromatic rings. The van der Waals surface area contributed by atoms with Crippen LogP contribution in [-0.4, -0.2) is 35.9 Å². The van der Waals surface area contributed by atoms with Gasteiger partial charge in [0.15, 0.2) is 5.69 Å². The Morgan fingerprint density at radius 3 is 2.58 bits per heavy atom. The Bertz CT molecular complexity index is 1100. The molecule has 1 unspecified atom stereocenters. The van der Waals surface area contributed by atoms with Gasteiger partial charge in [0.05, 0.1) is 0 Å². The number of hydrogen-bond acceptors (Lipinski definition) is 5. The first kappa shape index (κ1) is 22.6. The van der Waals surface area contributed by atoms with Crippen LogP contribution in [0.25, 0.3) is 11.5 Å². The van der Waals surface area contributed by atoms with E-state index in [0.717, 1.165) is 36.4 Å². The van der Waals surface area contributed by atoms with Crippen LogP contribution in [0, 0.1) is 6.92 Å². The van der Waals surface area contributed by atoms with Crippen molar-refractivity contribution in [3.8, 4) is 11.5 Å². The van der Waals surface area contributed by atoms with E-state index in [-0.39, 0.29) is 11.6 Å². The van der Waals surface area contributed by atoms with Crippen LogP contribution in [0.5, 0.6) is 0 Å². The number of aromatic nitrogens is 1. The number of nitrogens with one attached hydrogen (secondary N) is 2. The van der Waals surface area contributed by atoms with Crippen LogP contribution in [0.2, 0.25) is 0 Å². The molecule has 0 saturated carbocycles. The number of carbonyl (C=O) groups excluding carboxylic acids is 2.